The van der Waals surface area contributed by atoms with Crippen LogP contribution < -0.4 is 0 Å². The molecule has 0 spiro atoms. The summed E-state index contributed by atoms with van der Waals surface area (Å²) in [6.45, 7) is 0. The van der Waals surface area contributed by atoms with Crippen LogP contribution >= 0.6 is 27.5 Å². The molecule has 0 radical (unpaired) electrons. The Morgan fingerprint density at radius 3 is 2.38 bits per heavy atom. The zero-order chi connectivity index (χ0) is 12.7. The van der Waals surface area contributed by atoms with Crippen LogP contribution in [0.15, 0.2) is 10.5 Å². The van der Waals surface area contributed by atoms with Crippen LogP contribution in [0.2, 0.25) is 5.02 Å². The first-order valence-electron chi connectivity index (χ1n) is 3.58. The van der Waals surface area contributed by atoms with Gasteiger partial charge in [0.15, 0.2) is 0 Å². The Labute approximate surface area is 99.9 Å². The van der Waals surface area contributed by atoms with E-state index in [0.717, 1.165) is 0 Å². The fraction of sp³-hybridized carbons (Fsp3) is 0.143. The number of nitrogens with zero attached hydrogens (tertiary/aromatic N) is 1. The molecular weight excluding hydrogens is 318 g/mol. The fourth-order valence-corrected chi connectivity index (χ4v) is 2.06. The minimum absolute atomic E-state index is 0.449. The van der Waals surface area contributed by atoms with E-state index in [2.05, 4.69) is 15.9 Å². The van der Waals surface area contributed by atoms with Crippen molar-refractivity contribution >= 4 is 33.2 Å². The van der Waals surface area contributed by atoms with Crippen LogP contribution in [0.4, 0.5) is 18.9 Å². The molecule has 0 aliphatic carbocycles. The van der Waals surface area contributed by atoms with Crippen molar-refractivity contribution in [3.8, 4) is 5.75 Å². The quantitative estimate of drug-likeness (QED) is 0.633. The maximum Gasteiger partial charge on any atom is 0.419 e. The number of phenols is 1. The van der Waals surface area contributed by atoms with E-state index in [0.29, 0.717) is 6.07 Å². The van der Waals surface area contributed by atoms with Gasteiger partial charge in [0, 0.05) is 6.07 Å². The number of rotatable bonds is 1. The average Bonchev–Trinajstić information content (AvgIpc) is 2.08. The normalized spacial score (nSPS) is 11.6. The molecular formula is C7H2BrClF3NO3. The molecule has 0 saturated carbocycles. The molecule has 0 aliphatic rings. The highest BCUT2D eigenvalue weighted by atomic mass is 79.9. The van der Waals surface area contributed by atoms with Crippen molar-refractivity contribution in [1.29, 1.82) is 0 Å². The molecule has 1 aromatic rings. The summed E-state index contributed by atoms with van der Waals surface area (Å²) in [6, 6.07) is 0.449. The van der Waals surface area contributed by atoms with E-state index in [1.807, 2.05) is 0 Å². The van der Waals surface area contributed by atoms with Gasteiger partial charge in [-0.15, -0.1) is 0 Å². The highest BCUT2D eigenvalue weighted by Gasteiger charge is 2.39. The number of hydrogen-bond acceptors (Lipinski definition) is 3. The molecule has 1 aromatic carbocycles. The molecule has 0 atom stereocenters. The van der Waals surface area contributed by atoms with Crippen molar-refractivity contribution < 1.29 is 23.2 Å². The van der Waals surface area contributed by atoms with Crippen molar-refractivity contribution in [3.05, 3.63) is 31.2 Å². The SMILES string of the molecule is O=[N+]([O-])c1cc(Cl)c(C(F)(F)F)c(Br)c1O. The standard InChI is InChI=1S/C7H2BrClF3NO3/c8-5-4(7(10,11)12)2(9)1-3(6(5)14)13(15)16/h1,14H. The Hall–Kier alpha value is -1.02. The minimum atomic E-state index is -4.82. The molecule has 16 heavy (non-hydrogen) atoms. The van der Waals surface area contributed by atoms with Crippen molar-refractivity contribution in [2.45, 2.75) is 6.18 Å². The predicted octanol–water partition coefficient (Wildman–Crippen LogP) is 3.74. The fourth-order valence-electron chi connectivity index (χ4n) is 0.995. The summed E-state index contributed by atoms with van der Waals surface area (Å²) < 4.78 is 36.4. The topological polar surface area (TPSA) is 63.4 Å². The van der Waals surface area contributed by atoms with Crippen molar-refractivity contribution in [2.24, 2.45) is 0 Å². The van der Waals surface area contributed by atoms with Gasteiger partial charge in [-0.25, -0.2) is 0 Å². The number of halogens is 5. The maximum atomic E-state index is 12.4. The van der Waals surface area contributed by atoms with E-state index in [1.54, 1.807) is 0 Å². The van der Waals surface area contributed by atoms with E-state index < -0.39 is 37.6 Å². The van der Waals surface area contributed by atoms with Gasteiger partial charge in [-0.3, -0.25) is 10.1 Å². The smallest absolute Gasteiger partial charge is 0.419 e. The van der Waals surface area contributed by atoms with Crippen molar-refractivity contribution in [2.75, 3.05) is 0 Å². The van der Waals surface area contributed by atoms with Gasteiger partial charge < -0.3 is 5.11 Å². The van der Waals surface area contributed by atoms with Gasteiger partial charge >= 0.3 is 11.9 Å². The lowest BCUT2D eigenvalue weighted by atomic mass is 10.2. The number of alkyl halides is 3. The van der Waals surface area contributed by atoms with Crippen LogP contribution in [0.5, 0.6) is 5.75 Å². The Balaban J connectivity index is 3.59. The summed E-state index contributed by atoms with van der Waals surface area (Å²) in [4.78, 5) is 9.34. The molecule has 0 aliphatic heterocycles. The number of phenolic OH excluding ortho intramolecular Hbond substituents is 1. The molecule has 0 amide bonds. The molecule has 0 heterocycles. The van der Waals surface area contributed by atoms with Gasteiger partial charge in [0.25, 0.3) is 0 Å². The lowest BCUT2D eigenvalue weighted by Gasteiger charge is -2.12. The first-order chi connectivity index (χ1) is 7.16. The molecule has 0 unspecified atom stereocenters. The Morgan fingerprint density at radius 2 is 2.00 bits per heavy atom. The Bertz CT molecular complexity index is 463. The molecule has 0 saturated heterocycles. The largest absolute Gasteiger partial charge is 0.501 e. The van der Waals surface area contributed by atoms with Gasteiger partial charge in [-0.2, -0.15) is 13.2 Å². The summed E-state index contributed by atoms with van der Waals surface area (Å²) in [5.41, 5.74) is -2.25. The van der Waals surface area contributed by atoms with Crippen LogP contribution in [0.1, 0.15) is 5.56 Å². The number of aromatic hydroxyl groups is 1. The summed E-state index contributed by atoms with van der Waals surface area (Å²) in [6.07, 6.45) is -4.82. The number of nitro benzene ring substituents is 1. The minimum Gasteiger partial charge on any atom is -0.501 e. The number of hydrogen-bond donors (Lipinski definition) is 1. The average molecular weight is 320 g/mol. The lowest BCUT2D eigenvalue weighted by molar-refractivity contribution is -0.386. The first-order valence-corrected chi connectivity index (χ1v) is 4.76. The van der Waals surface area contributed by atoms with Gasteiger partial charge in [0.05, 0.1) is 20.0 Å². The van der Waals surface area contributed by atoms with Crippen molar-refractivity contribution in [3.63, 3.8) is 0 Å². The molecule has 88 valence electrons. The van der Waals surface area contributed by atoms with Crippen LogP contribution in [-0.4, -0.2) is 10.0 Å². The summed E-state index contributed by atoms with van der Waals surface area (Å²) in [5.74, 6) is -1.11. The monoisotopic (exact) mass is 319 g/mol. The third kappa shape index (κ3) is 2.22. The lowest BCUT2D eigenvalue weighted by Crippen LogP contribution is -2.08. The van der Waals surface area contributed by atoms with Gasteiger partial charge in [-0.05, 0) is 15.9 Å². The van der Waals surface area contributed by atoms with Crippen LogP contribution in [0.25, 0.3) is 0 Å². The zero-order valence-electron chi connectivity index (χ0n) is 7.18. The van der Waals surface area contributed by atoms with E-state index in [9.17, 15) is 28.4 Å². The third-order valence-electron chi connectivity index (χ3n) is 1.65. The van der Waals surface area contributed by atoms with E-state index in [1.165, 1.54) is 0 Å². The number of benzene rings is 1. The molecule has 1 N–H and O–H groups in total. The van der Waals surface area contributed by atoms with Gasteiger partial charge in [0.2, 0.25) is 5.75 Å². The molecule has 0 fully saturated rings. The third-order valence-corrected chi connectivity index (χ3v) is 2.72. The van der Waals surface area contributed by atoms with Crippen LogP contribution in [-0.2, 0) is 6.18 Å². The van der Waals surface area contributed by atoms with E-state index in [-0.39, 0.29) is 0 Å². The second-order valence-electron chi connectivity index (χ2n) is 2.67. The van der Waals surface area contributed by atoms with Crippen molar-refractivity contribution in [1.82, 2.24) is 0 Å². The van der Waals surface area contributed by atoms with E-state index in [4.69, 9.17) is 11.6 Å². The summed E-state index contributed by atoms with van der Waals surface area (Å²) in [7, 11) is 0. The first kappa shape index (κ1) is 13.0. The van der Waals surface area contributed by atoms with Crippen LogP contribution in [0.3, 0.4) is 0 Å². The molecule has 1 rings (SSSR count). The second kappa shape index (κ2) is 4.10. The summed E-state index contributed by atoms with van der Waals surface area (Å²) in [5, 5.41) is 18.7. The van der Waals surface area contributed by atoms with Gasteiger partial charge in [0.1, 0.15) is 0 Å². The highest BCUT2D eigenvalue weighted by molar-refractivity contribution is 9.10. The zero-order valence-corrected chi connectivity index (χ0v) is 9.52. The highest BCUT2D eigenvalue weighted by Crippen LogP contribution is 2.47. The maximum absolute atomic E-state index is 12.4. The molecule has 9 heteroatoms. The molecule has 0 bridgehead atoms. The van der Waals surface area contributed by atoms with Gasteiger partial charge in [-0.1, -0.05) is 11.6 Å². The Morgan fingerprint density at radius 1 is 1.50 bits per heavy atom. The van der Waals surface area contributed by atoms with E-state index >= 15 is 0 Å². The van der Waals surface area contributed by atoms with Crippen LogP contribution in [0, 0.1) is 10.1 Å². The number of nitro groups is 1. The summed E-state index contributed by atoms with van der Waals surface area (Å²) >= 11 is 7.70. The predicted molar refractivity (Wildman–Crippen MR) is 52.5 cm³/mol. The molecule has 0 aromatic heterocycles. The second-order valence-corrected chi connectivity index (χ2v) is 3.87. The molecule has 4 nitrogen and oxygen atoms in total. The Kier molecular flexibility index (Phi) is 3.34.